The summed E-state index contributed by atoms with van der Waals surface area (Å²) in [7, 11) is 0. The highest BCUT2D eigenvalue weighted by Gasteiger charge is 2.35. The molecular weight excluding hydrogens is 320 g/mol. The van der Waals surface area contributed by atoms with Crippen molar-refractivity contribution in [2.24, 2.45) is 0 Å². The molecule has 2 atom stereocenters. The lowest BCUT2D eigenvalue weighted by Gasteiger charge is -2.17. The van der Waals surface area contributed by atoms with E-state index in [-0.39, 0.29) is 23.5 Å². The van der Waals surface area contributed by atoms with Crippen LogP contribution in [0.2, 0.25) is 0 Å². The molecule has 1 aliphatic rings. The number of nitrogens with zero attached hydrogens (tertiary/aromatic N) is 2. The van der Waals surface area contributed by atoms with Crippen LogP contribution < -0.4 is 0 Å². The molecule has 0 aliphatic carbocycles. The zero-order chi connectivity index (χ0) is 17.2. The molecule has 128 valence electrons. The highest BCUT2D eigenvalue weighted by Crippen LogP contribution is 2.39. The predicted octanol–water partition coefficient (Wildman–Crippen LogP) is 4.07. The number of aromatic nitrogens is 2. The van der Waals surface area contributed by atoms with E-state index in [0.717, 1.165) is 24.3 Å². The van der Waals surface area contributed by atoms with Crippen molar-refractivity contribution in [1.82, 2.24) is 15.1 Å². The predicted molar refractivity (Wildman–Crippen MR) is 92.1 cm³/mol. The van der Waals surface area contributed by atoms with Crippen LogP contribution in [-0.4, -0.2) is 28.2 Å². The fraction of sp³-hybridized carbons (Fsp3) is 0.250. The minimum absolute atomic E-state index is 0.175. The summed E-state index contributed by atoms with van der Waals surface area (Å²) in [4.78, 5) is 2.25. The van der Waals surface area contributed by atoms with Gasteiger partial charge in [-0.1, -0.05) is 30.3 Å². The van der Waals surface area contributed by atoms with Gasteiger partial charge in [0.05, 0.1) is 0 Å². The van der Waals surface area contributed by atoms with Gasteiger partial charge in [0, 0.05) is 48.9 Å². The van der Waals surface area contributed by atoms with Crippen LogP contribution in [0.1, 0.15) is 28.7 Å². The van der Waals surface area contributed by atoms with Gasteiger partial charge in [-0.2, -0.15) is 5.10 Å². The van der Waals surface area contributed by atoms with Gasteiger partial charge in [0.2, 0.25) is 0 Å². The first kappa shape index (κ1) is 16.0. The second-order valence-electron chi connectivity index (χ2n) is 6.56. The number of halogens is 2. The second-order valence-corrected chi connectivity index (χ2v) is 6.56. The van der Waals surface area contributed by atoms with Crippen LogP contribution >= 0.6 is 0 Å². The molecule has 25 heavy (non-hydrogen) atoms. The normalized spacial score (nSPS) is 20.9. The van der Waals surface area contributed by atoms with Crippen molar-refractivity contribution < 1.29 is 8.78 Å². The van der Waals surface area contributed by atoms with E-state index in [1.165, 1.54) is 18.2 Å². The summed E-state index contributed by atoms with van der Waals surface area (Å²) in [6.45, 7) is 2.16. The highest BCUT2D eigenvalue weighted by molar-refractivity contribution is 5.29. The van der Waals surface area contributed by atoms with Gasteiger partial charge in [-0.25, -0.2) is 8.78 Å². The van der Waals surface area contributed by atoms with E-state index in [4.69, 9.17) is 0 Å². The van der Waals surface area contributed by atoms with Crippen LogP contribution in [-0.2, 0) is 6.54 Å². The first-order valence-corrected chi connectivity index (χ1v) is 8.41. The Kier molecular flexibility index (Phi) is 4.32. The summed E-state index contributed by atoms with van der Waals surface area (Å²) in [5.41, 5.74) is 2.85. The number of nitrogens with one attached hydrogen (secondary N) is 1. The van der Waals surface area contributed by atoms with Crippen LogP contribution in [0.15, 0.2) is 60.8 Å². The van der Waals surface area contributed by atoms with E-state index in [9.17, 15) is 8.78 Å². The summed E-state index contributed by atoms with van der Waals surface area (Å²) in [5, 5.41) is 7.13. The average Bonchev–Trinajstić information content (AvgIpc) is 3.27. The van der Waals surface area contributed by atoms with Crippen molar-refractivity contribution in [2.75, 3.05) is 13.1 Å². The molecule has 2 heterocycles. The topological polar surface area (TPSA) is 31.9 Å². The van der Waals surface area contributed by atoms with Gasteiger partial charge in [-0.3, -0.25) is 10.00 Å². The van der Waals surface area contributed by atoms with E-state index >= 15 is 0 Å². The summed E-state index contributed by atoms with van der Waals surface area (Å²) < 4.78 is 27.3. The molecule has 0 saturated carbocycles. The largest absolute Gasteiger partial charge is 0.298 e. The van der Waals surface area contributed by atoms with Crippen LogP contribution in [0.25, 0.3) is 0 Å². The van der Waals surface area contributed by atoms with E-state index in [1.807, 2.05) is 30.3 Å². The molecule has 0 unspecified atom stereocenters. The summed E-state index contributed by atoms with van der Waals surface area (Å²) in [6, 6.07) is 15.5. The van der Waals surface area contributed by atoms with Gasteiger partial charge in [0.25, 0.3) is 0 Å². The Hall–Kier alpha value is -2.53. The second kappa shape index (κ2) is 6.76. The molecule has 1 saturated heterocycles. The number of H-pyrrole nitrogens is 1. The summed E-state index contributed by atoms with van der Waals surface area (Å²) >= 11 is 0. The van der Waals surface area contributed by atoms with Crippen molar-refractivity contribution in [3.63, 3.8) is 0 Å². The lowest BCUT2D eigenvalue weighted by molar-refractivity contribution is 0.317. The lowest BCUT2D eigenvalue weighted by Crippen LogP contribution is -2.20. The Labute approximate surface area is 145 Å². The fourth-order valence-corrected chi connectivity index (χ4v) is 3.72. The zero-order valence-electron chi connectivity index (χ0n) is 13.7. The first-order chi connectivity index (χ1) is 12.2. The Morgan fingerprint density at radius 1 is 0.960 bits per heavy atom. The van der Waals surface area contributed by atoms with Crippen molar-refractivity contribution in [3.05, 3.63) is 89.2 Å². The third-order valence-electron chi connectivity index (χ3n) is 4.97. The molecule has 0 radical (unpaired) electrons. The van der Waals surface area contributed by atoms with Crippen molar-refractivity contribution in [1.29, 1.82) is 0 Å². The molecular formula is C20H19F2N3. The molecule has 3 aromatic rings. The monoisotopic (exact) mass is 339 g/mol. The van der Waals surface area contributed by atoms with Crippen molar-refractivity contribution in [2.45, 2.75) is 18.4 Å². The Morgan fingerprint density at radius 3 is 2.44 bits per heavy atom. The molecule has 3 nitrogen and oxygen atoms in total. The van der Waals surface area contributed by atoms with E-state index < -0.39 is 0 Å². The average molecular weight is 339 g/mol. The van der Waals surface area contributed by atoms with Gasteiger partial charge >= 0.3 is 0 Å². The Bertz CT molecular complexity index is 830. The maximum absolute atomic E-state index is 14.0. The zero-order valence-corrected chi connectivity index (χ0v) is 13.7. The number of hydrogen-bond acceptors (Lipinski definition) is 2. The van der Waals surface area contributed by atoms with Gasteiger partial charge < -0.3 is 0 Å². The summed E-state index contributed by atoms with van der Waals surface area (Å²) in [5.74, 6) is 0.0291. The smallest absolute Gasteiger partial charge is 0.127 e. The number of aromatic amines is 1. The van der Waals surface area contributed by atoms with Crippen LogP contribution in [0, 0.1) is 11.6 Å². The minimum atomic E-state index is -0.233. The summed E-state index contributed by atoms with van der Waals surface area (Å²) in [6.07, 6.45) is 1.75. The van der Waals surface area contributed by atoms with E-state index in [2.05, 4.69) is 15.1 Å². The molecule has 0 bridgehead atoms. The third-order valence-corrected chi connectivity index (χ3v) is 4.97. The number of rotatable bonds is 4. The minimum Gasteiger partial charge on any atom is -0.298 e. The first-order valence-electron chi connectivity index (χ1n) is 8.41. The highest BCUT2D eigenvalue weighted by atomic mass is 19.1. The fourth-order valence-electron chi connectivity index (χ4n) is 3.72. The third kappa shape index (κ3) is 3.33. The van der Waals surface area contributed by atoms with Crippen LogP contribution in [0.5, 0.6) is 0 Å². The molecule has 2 aromatic carbocycles. The Balaban J connectivity index is 1.60. The molecule has 0 amide bonds. The maximum atomic E-state index is 14.0. The Morgan fingerprint density at radius 2 is 1.72 bits per heavy atom. The van der Waals surface area contributed by atoms with Gasteiger partial charge in [0.15, 0.2) is 0 Å². The number of benzene rings is 2. The van der Waals surface area contributed by atoms with E-state index in [1.54, 1.807) is 12.3 Å². The van der Waals surface area contributed by atoms with Crippen LogP contribution in [0.4, 0.5) is 8.78 Å². The molecule has 1 fully saturated rings. The SMILES string of the molecule is Fc1ccc([C@@H]2CN(Cc3ccccc3F)C[C@H]2c2ccn[nH]2)cc1. The molecule has 1 aliphatic heterocycles. The molecule has 4 rings (SSSR count). The van der Waals surface area contributed by atoms with Crippen molar-refractivity contribution in [3.8, 4) is 0 Å². The van der Waals surface area contributed by atoms with Crippen LogP contribution in [0.3, 0.4) is 0 Å². The standard InChI is InChI=1S/C20H19F2N3/c21-16-7-5-14(6-8-16)17-12-25(11-15-3-1-2-4-19(15)22)13-18(17)20-9-10-23-24-20/h1-10,17-18H,11-13H2,(H,23,24)/t17-,18+/m0/s1. The van der Waals surface area contributed by atoms with E-state index in [0.29, 0.717) is 12.1 Å². The molecule has 1 aromatic heterocycles. The maximum Gasteiger partial charge on any atom is 0.127 e. The van der Waals surface area contributed by atoms with Gasteiger partial charge in [-0.05, 0) is 29.8 Å². The molecule has 0 spiro atoms. The number of hydrogen-bond donors (Lipinski definition) is 1. The molecule has 1 N–H and O–H groups in total. The lowest BCUT2D eigenvalue weighted by atomic mass is 9.87. The quantitative estimate of drug-likeness (QED) is 0.777. The van der Waals surface area contributed by atoms with Crippen molar-refractivity contribution >= 4 is 0 Å². The van der Waals surface area contributed by atoms with Gasteiger partial charge in [0.1, 0.15) is 11.6 Å². The number of likely N-dealkylation sites (tertiary alicyclic amines) is 1. The molecule has 5 heteroatoms. The van der Waals surface area contributed by atoms with Gasteiger partial charge in [-0.15, -0.1) is 0 Å².